The number of hydrogen-bond donors (Lipinski definition) is 2. The number of fused-ring (bicyclic) bond motifs is 1. The van der Waals surface area contributed by atoms with Gasteiger partial charge in [-0.05, 0) is 56.6 Å². The first-order chi connectivity index (χ1) is 10.1. The largest absolute Gasteiger partial charge is 0.325 e. The molecule has 116 valence electrons. The molecule has 2 rings (SSSR count). The molecule has 6 heteroatoms. The van der Waals surface area contributed by atoms with Crippen molar-refractivity contribution in [2.75, 3.05) is 25.0 Å². The number of aliphatic imine (C=N–C) groups is 1. The molecule has 1 heterocycles. The van der Waals surface area contributed by atoms with Crippen molar-refractivity contribution in [3.05, 3.63) is 23.2 Å². The zero-order chi connectivity index (χ0) is 15.2. The maximum absolute atomic E-state index is 5.99. The topological polar surface area (TPSA) is 39.7 Å². The van der Waals surface area contributed by atoms with Crippen molar-refractivity contribution in [3.63, 3.8) is 0 Å². The molecule has 0 bridgehead atoms. The first-order valence-electron chi connectivity index (χ1n) is 7.42. The Bertz CT molecular complexity index is 502. The summed E-state index contributed by atoms with van der Waals surface area (Å²) in [6.45, 7) is 9.83. The van der Waals surface area contributed by atoms with Gasteiger partial charge in [0.1, 0.15) is 0 Å². The van der Waals surface area contributed by atoms with E-state index in [0.29, 0.717) is 0 Å². The van der Waals surface area contributed by atoms with E-state index in [4.69, 9.17) is 16.6 Å². The van der Waals surface area contributed by atoms with Gasteiger partial charge in [-0.15, -0.1) is 0 Å². The molecule has 0 radical (unpaired) electrons. The molecular weight excluding hydrogens is 304 g/mol. The highest BCUT2D eigenvalue weighted by molar-refractivity contribution is 7.98. The summed E-state index contributed by atoms with van der Waals surface area (Å²) in [5.74, 6) is 0.821. The van der Waals surface area contributed by atoms with Crippen LogP contribution in [0.5, 0.6) is 0 Å². The van der Waals surface area contributed by atoms with Crippen molar-refractivity contribution in [1.29, 1.82) is 0 Å². The minimum atomic E-state index is 0.287. The van der Waals surface area contributed by atoms with E-state index in [0.717, 1.165) is 47.6 Å². The minimum Gasteiger partial charge on any atom is -0.325 e. The Kier molecular flexibility index (Phi) is 6.21. The number of hydrogen-bond acceptors (Lipinski definition) is 3. The summed E-state index contributed by atoms with van der Waals surface area (Å²) in [5, 5.41) is 4.06. The lowest BCUT2D eigenvalue weighted by atomic mass is 10.2. The summed E-state index contributed by atoms with van der Waals surface area (Å²) in [7, 11) is 0. The number of guanidine groups is 1. The van der Waals surface area contributed by atoms with Crippen LogP contribution in [0.4, 0.5) is 5.69 Å². The molecule has 0 amide bonds. The fourth-order valence-corrected chi connectivity index (χ4v) is 3.16. The fourth-order valence-electron chi connectivity index (χ4n) is 2.19. The van der Waals surface area contributed by atoms with Gasteiger partial charge >= 0.3 is 0 Å². The molecule has 4 nitrogen and oxygen atoms in total. The van der Waals surface area contributed by atoms with Gasteiger partial charge in [0.05, 0.1) is 16.6 Å². The third kappa shape index (κ3) is 4.80. The van der Waals surface area contributed by atoms with Crippen LogP contribution >= 0.6 is 23.5 Å². The van der Waals surface area contributed by atoms with Crippen LogP contribution in [0.1, 0.15) is 27.2 Å². The standard InChI is InChI=1S/C15H23ClN4S/c1-4-20(5-2)9-8-11(3)17-15-18-13-7-6-12(16)10-14(13)21-19-15/h6-7,10-11H,4-5,8-9H2,1-3H3,(H2,17,18,19). The first kappa shape index (κ1) is 16.5. The van der Waals surface area contributed by atoms with Crippen LogP contribution in [0.2, 0.25) is 5.02 Å². The van der Waals surface area contributed by atoms with Crippen LogP contribution in [-0.2, 0) is 0 Å². The predicted octanol–water partition coefficient (Wildman–Crippen LogP) is 3.84. The van der Waals surface area contributed by atoms with Gasteiger partial charge in [-0.25, -0.2) is 4.99 Å². The quantitative estimate of drug-likeness (QED) is 0.779. The molecule has 1 aliphatic heterocycles. The highest BCUT2D eigenvalue weighted by atomic mass is 35.5. The minimum absolute atomic E-state index is 0.287. The lowest BCUT2D eigenvalue weighted by Gasteiger charge is -2.23. The lowest BCUT2D eigenvalue weighted by Crippen LogP contribution is -2.31. The van der Waals surface area contributed by atoms with Crippen LogP contribution in [0.15, 0.2) is 28.1 Å². The normalized spacial score (nSPS) is 17.3. The Balaban J connectivity index is 1.92. The average molecular weight is 327 g/mol. The van der Waals surface area contributed by atoms with E-state index in [9.17, 15) is 0 Å². The molecular formula is C15H23ClN4S. The molecule has 1 aromatic carbocycles. The third-order valence-electron chi connectivity index (χ3n) is 3.56. The zero-order valence-corrected chi connectivity index (χ0v) is 14.4. The number of rotatable bonds is 6. The molecule has 2 N–H and O–H groups in total. The summed E-state index contributed by atoms with van der Waals surface area (Å²) < 4.78 is 3.23. The Morgan fingerprint density at radius 2 is 2.10 bits per heavy atom. The van der Waals surface area contributed by atoms with Gasteiger partial charge in [-0.1, -0.05) is 25.4 Å². The molecule has 0 aliphatic carbocycles. The Labute approximate surface area is 136 Å². The maximum atomic E-state index is 5.99. The molecule has 21 heavy (non-hydrogen) atoms. The fraction of sp³-hybridized carbons (Fsp3) is 0.533. The van der Waals surface area contributed by atoms with Gasteiger partial charge in [0.2, 0.25) is 5.96 Å². The molecule has 1 aromatic rings. The summed E-state index contributed by atoms with van der Waals surface area (Å²) in [5.41, 5.74) is 1.05. The predicted molar refractivity (Wildman–Crippen MR) is 93.4 cm³/mol. The van der Waals surface area contributed by atoms with Gasteiger partial charge in [0, 0.05) is 11.6 Å². The van der Waals surface area contributed by atoms with Crippen molar-refractivity contribution in [3.8, 4) is 0 Å². The summed E-state index contributed by atoms with van der Waals surface area (Å²) >= 11 is 7.54. The third-order valence-corrected chi connectivity index (χ3v) is 4.65. The number of benzene rings is 1. The van der Waals surface area contributed by atoms with Crippen LogP contribution < -0.4 is 10.0 Å². The molecule has 0 aromatic heterocycles. The lowest BCUT2D eigenvalue weighted by molar-refractivity contribution is 0.293. The highest BCUT2D eigenvalue weighted by Crippen LogP contribution is 2.31. The molecule has 1 unspecified atom stereocenters. The van der Waals surface area contributed by atoms with Crippen molar-refractivity contribution >= 4 is 35.2 Å². The maximum Gasteiger partial charge on any atom is 0.206 e. The monoisotopic (exact) mass is 326 g/mol. The zero-order valence-electron chi connectivity index (χ0n) is 12.8. The van der Waals surface area contributed by atoms with E-state index in [2.05, 4.69) is 35.7 Å². The van der Waals surface area contributed by atoms with Crippen LogP contribution in [0, 0.1) is 0 Å². The number of halogens is 1. The van der Waals surface area contributed by atoms with Crippen molar-refractivity contribution < 1.29 is 0 Å². The van der Waals surface area contributed by atoms with Gasteiger partial charge in [-0.2, -0.15) is 0 Å². The Morgan fingerprint density at radius 1 is 1.33 bits per heavy atom. The second kappa shape index (κ2) is 7.92. The van der Waals surface area contributed by atoms with E-state index in [-0.39, 0.29) is 6.04 Å². The highest BCUT2D eigenvalue weighted by Gasteiger charge is 2.15. The Morgan fingerprint density at radius 3 is 2.81 bits per heavy atom. The first-order valence-corrected chi connectivity index (χ1v) is 8.61. The van der Waals surface area contributed by atoms with Gasteiger partial charge in [0.25, 0.3) is 0 Å². The SMILES string of the molecule is CCN(CC)CCC(C)N=C1NSc2cc(Cl)ccc2N1. The molecule has 1 aliphatic rings. The van der Waals surface area contributed by atoms with Crippen molar-refractivity contribution in [1.82, 2.24) is 9.62 Å². The van der Waals surface area contributed by atoms with Gasteiger partial charge in [-0.3, -0.25) is 4.72 Å². The number of nitrogens with zero attached hydrogens (tertiary/aromatic N) is 2. The van der Waals surface area contributed by atoms with E-state index >= 15 is 0 Å². The summed E-state index contributed by atoms with van der Waals surface area (Å²) in [6, 6.07) is 6.11. The van der Waals surface area contributed by atoms with Crippen LogP contribution in [-0.4, -0.2) is 36.5 Å². The van der Waals surface area contributed by atoms with Crippen LogP contribution in [0.3, 0.4) is 0 Å². The molecule has 0 saturated carbocycles. The van der Waals surface area contributed by atoms with Crippen LogP contribution in [0.25, 0.3) is 0 Å². The summed E-state index contributed by atoms with van der Waals surface area (Å²) in [4.78, 5) is 8.23. The molecule has 0 saturated heterocycles. The van der Waals surface area contributed by atoms with Crippen molar-refractivity contribution in [2.24, 2.45) is 4.99 Å². The Hall–Kier alpha value is -0.910. The molecule has 0 spiro atoms. The van der Waals surface area contributed by atoms with Gasteiger partial charge in [0.15, 0.2) is 0 Å². The summed E-state index contributed by atoms with van der Waals surface area (Å²) in [6.07, 6.45) is 1.06. The second-order valence-corrected chi connectivity index (χ2v) is 6.40. The van der Waals surface area contributed by atoms with E-state index in [1.165, 1.54) is 0 Å². The smallest absolute Gasteiger partial charge is 0.206 e. The van der Waals surface area contributed by atoms with Gasteiger partial charge < -0.3 is 10.2 Å². The average Bonchev–Trinajstić information content (AvgIpc) is 2.48. The van der Waals surface area contributed by atoms with Crippen molar-refractivity contribution in [2.45, 2.75) is 38.1 Å². The second-order valence-electron chi connectivity index (χ2n) is 5.11. The number of nitrogens with one attached hydrogen (secondary N) is 2. The van der Waals surface area contributed by atoms with E-state index in [1.807, 2.05) is 18.2 Å². The molecule has 1 atom stereocenters. The van der Waals surface area contributed by atoms with E-state index < -0.39 is 0 Å². The van der Waals surface area contributed by atoms with E-state index in [1.54, 1.807) is 11.9 Å². The molecule has 0 fully saturated rings. The number of anilines is 1.